The number of thiazole rings is 1. The molecular weight excluding hydrogens is 400 g/mol. The first-order valence-corrected chi connectivity index (χ1v) is 11.0. The lowest BCUT2D eigenvalue weighted by atomic mass is 10.3. The number of hydrogen-bond donors (Lipinski definition) is 1. The molecule has 2 aromatic carbocycles. The Hall–Kier alpha value is -2.43. The second-order valence-electron chi connectivity index (χ2n) is 5.41. The second kappa shape index (κ2) is 8.07. The van der Waals surface area contributed by atoms with Crippen LogP contribution in [0.2, 0.25) is 0 Å². The number of hydrogen-bond acceptors (Lipinski definition) is 8. The van der Waals surface area contributed by atoms with Gasteiger partial charge in [0.1, 0.15) is 0 Å². The number of anilines is 1. The molecule has 4 rings (SSSR count). The van der Waals surface area contributed by atoms with Crippen molar-refractivity contribution < 1.29 is 4.79 Å². The first-order valence-electron chi connectivity index (χ1n) is 7.94. The van der Waals surface area contributed by atoms with Crippen LogP contribution in [0.3, 0.4) is 0 Å². The highest BCUT2D eigenvalue weighted by atomic mass is 32.2. The molecule has 0 aliphatic carbocycles. The van der Waals surface area contributed by atoms with Gasteiger partial charge < -0.3 is 5.32 Å². The Balaban J connectivity index is 1.41. The number of carbonyl (C=O) groups excluding carboxylic acids is 1. The Labute approximate surface area is 167 Å². The van der Waals surface area contributed by atoms with E-state index in [1.807, 2.05) is 54.8 Å². The minimum Gasteiger partial charge on any atom is -0.325 e. The number of carbonyl (C=O) groups is 1. The normalized spacial score (nSPS) is 11.0. The molecular formula is C17H14N6OS3. The van der Waals surface area contributed by atoms with E-state index in [2.05, 4.69) is 25.8 Å². The topological polar surface area (TPSA) is 85.6 Å². The third-order valence-corrected chi connectivity index (χ3v) is 6.52. The van der Waals surface area contributed by atoms with Crippen molar-refractivity contribution in [2.75, 3.05) is 17.3 Å². The maximum absolute atomic E-state index is 12.3. The minimum absolute atomic E-state index is 0.114. The lowest BCUT2D eigenvalue weighted by Crippen LogP contribution is -2.14. The zero-order valence-corrected chi connectivity index (χ0v) is 16.6. The smallest absolute Gasteiger partial charge is 0.234 e. The Kier molecular flexibility index (Phi) is 5.37. The summed E-state index contributed by atoms with van der Waals surface area (Å²) < 4.78 is 3.68. The standard InChI is InChI=1S/C17H14N6OS3/c1-25-17-19-13-8-7-11(9-14(13)27-17)18-15(24)10-26-16-20-21-22-23(16)12-5-3-2-4-6-12/h2-9H,10H2,1H3,(H,18,24). The summed E-state index contributed by atoms with van der Waals surface area (Å²) in [6.45, 7) is 0. The average Bonchev–Trinajstić information content (AvgIpc) is 3.33. The molecule has 0 saturated carbocycles. The quantitative estimate of drug-likeness (QED) is 0.481. The van der Waals surface area contributed by atoms with Gasteiger partial charge in [0, 0.05) is 5.69 Å². The molecule has 136 valence electrons. The molecule has 1 N–H and O–H groups in total. The van der Waals surface area contributed by atoms with Crippen molar-refractivity contribution in [3.63, 3.8) is 0 Å². The highest BCUT2D eigenvalue weighted by Gasteiger charge is 2.12. The number of para-hydroxylation sites is 1. The van der Waals surface area contributed by atoms with Crippen LogP contribution < -0.4 is 5.32 Å². The molecule has 7 nitrogen and oxygen atoms in total. The SMILES string of the molecule is CSc1nc2ccc(NC(=O)CSc3nnnn3-c3ccccc3)cc2s1. The monoisotopic (exact) mass is 414 g/mol. The van der Waals surface area contributed by atoms with Gasteiger partial charge in [0.05, 0.1) is 21.7 Å². The summed E-state index contributed by atoms with van der Waals surface area (Å²) in [4.78, 5) is 16.8. The van der Waals surface area contributed by atoms with Crippen molar-refractivity contribution in [2.24, 2.45) is 0 Å². The maximum Gasteiger partial charge on any atom is 0.234 e. The van der Waals surface area contributed by atoms with Gasteiger partial charge in [0.15, 0.2) is 4.34 Å². The molecule has 2 aromatic heterocycles. The third-order valence-electron chi connectivity index (χ3n) is 3.60. The van der Waals surface area contributed by atoms with Crippen LogP contribution in [0.5, 0.6) is 0 Å². The molecule has 2 heterocycles. The Morgan fingerprint density at radius 1 is 1.22 bits per heavy atom. The van der Waals surface area contributed by atoms with Gasteiger partial charge in [-0.2, -0.15) is 4.68 Å². The highest BCUT2D eigenvalue weighted by Crippen LogP contribution is 2.30. The van der Waals surface area contributed by atoms with Gasteiger partial charge in [-0.25, -0.2) is 4.98 Å². The molecule has 0 spiro atoms. The average molecular weight is 415 g/mol. The van der Waals surface area contributed by atoms with Gasteiger partial charge in [-0.3, -0.25) is 4.79 Å². The predicted octanol–water partition coefficient (Wildman–Crippen LogP) is 3.72. The van der Waals surface area contributed by atoms with E-state index in [4.69, 9.17) is 0 Å². The first-order chi connectivity index (χ1) is 13.2. The fraction of sp³-hybridized carbons (Fsp3) is 0.118. The van der Waals surface area contributed by atoms with Crippen LogP contribution in [-0.2, 0) is 4.79 Å². The number of tetrazole rings is 1. The number of benzene rings is 2. The van der Waals surface area contributed by atoms with Crippen LogP contribution in [0.15, 0.2) is 58.0 Å². The number of aromatic nitrogens is 5. The van der Waals surface area contributed by atoms with E-state index in [0.717, 1.165) is 25.9 Å². The van der Waals surface area contributed by atoms with Gasteiger partial charge in [0.2, 0.25) is 11.1 Å². The summed E-state index contributed by atoms with van der Waals surface area (Å²) in [5, 5.41) is 15.2. The van der Waals surface area contributed by atoms with Crippen molar-refractivity contribution in [2.45, 2.75) is 9.50 Å². The molecule has 0 radical (unpaired) electrons. The van der Waals surface area contributed by atoms with Crippen molar-refractivity contribution in [3.05, 3.63) is 48.5 Å². The predicted molar refractivity (Wildman–Crippen MR) is 110 cm³/mol. The summed E-state index contributed by atoms with van der Waals surface area (Å²) >= 11 is 4.52. The molecule has 0 fully saturated rings. The Morgan fingerprint density at radius 2 is 2.07 bits per heavy atom. The van der Waals surface area contributed by atoms with Crippen molar-refractivity contribution in [3.8, 4) is 5.69 Å². The van der Waals surface area contributed by atoms with Crippen LogP contribution in [0.25, 0.3) is 15.9 Å². The summed E-state index contributed by atoms with van der Waals surface area (Å²) in [7, 11) is 0. The van der Waals surface area contributed by atoms with Crippen molar-refractivity contribution >= 4 is 56.7 Å². The van der Waals surface area contributed by atoms with Crippen molar-refractivity contribution in [1.82, 2.24) is 25.2 Å². The third kappa shape index (κ3) is 4.12. The van der Waals surface area contributed by atoms with Crippen LogP contribution >= 0.6 is 34.9 Å². The highest BCUT2D eigenvalue weighted by molar-refractivity contribution is 8.00. The fourth-order valence-corrected chi connectivity index (χ4v) is 4.62. The number of rotatable bonds is 6. The van der Waals surface area contributed by atoms with Crippen LogP contribution in [0, 0.1) is 0 Å². The van der Waals surface area contributed by atoms with Gasteiger partial charge in [-0.1, -0.05) is 41.7 Å². The molecule has 0 atom stereocenters. The van der Waals surface area contributed by atoms with Gasteiger partial charge in [0.25, 0.3) is 0 Å². The molecule has 0 saturated heterocycles. The van der Waals surface area contributed by atoms with E-state index in [1.54, 1.807) is 27.8 Å². The van der Waals surface area contributed by atoms with E-state index in [9.17, 15) is 4.79 Å². The molecule has 0 bridgehead atoms. The zero-order chi connectivity index (χ0) is 18.6. The number of nitrogens with one attached hydrogen (secondary N) is 1. The summed E-state index contributed by atoms with van der Waals surface area (Å²) in [6, 6.07) is 15.3. The Morgan fingerprint density at radius 3 is 2.89 bits per heavy atom. The zero-order valence-electron chi connectivity index (χ0n) is 14.2. The van der Waals surface area contributed by atoms with E-state index >= 15 is 0 Å². The summed E-state index contributed by atoms with van der Waals surface area (Å²) in [5.74, 6) is 0.0980. The molecule has 0 aliphatic heterocycles. The van der Waals surface area contributed by atoms with E-state index in [1.165, 1.54) is 11.8 Å². The molecule has 1 amide bonds. The van der Waals surface area contributed by atoms with Gasteiger partial charge in [-0.05, 0) is 47.0 Å². The second-order valence-corrected chi connectivity index (χ2v) is 8.44. The number of nitrogens with zero attached hydrogens (tertiary/aromatic N) is 5. The Bertz CT molecular complexity index is 1080. The molecule has 0 unspecified atom stereocenters. The summed E-state index contributed by atoms with van der Waals surface area (Å²) in [5.41, 5.74) is 2.55. The van der Waals surface area contributed by atoms with E-state index in [0.29, 0.717) is 5.16 Å². The minimum atomic E-state index is -0.114. The van der Waals surface area contributed by atoms with E-state index in [-0.39, 0.29) is 11.7 Å². The lowest BCUT2D eigenvalue weighted by molar-refractivity contribution is -0.113. The van der Waals surface area contributed by atoms with E-state index < -0.39 is 0 Å². The lowest BCUT2D eigenvalue weighted by Gasteiger charge is -2.06. The van der Waals surface area contributed by atoms with Crippen molar-refractivity contribution in [1.29, 1.82) is 0 Å². The maximum atomic E-state index is 12.3. The summed E-state index contributed by atoms with van der Waals surface area (Å²) in [6.07, 6.45) is 2.00. The largest absolute Gasteiger partial charge is 0.325 e. The number of thioether (sulfide) groups is 2. The number of amides is 1. The molecule has 10 heteroatoms. The van der Waals surface area contributed by atoms with Crippen LogP contribution in [0.4, 0.5) is 5.69 Å². The van der Waals surface area contributed by atoms with Gasteiger partial charge in [-0.15, -0.1) is 16.4 Å². The first kappa shape index (κ1) is 18.0. The van der Waals surface area contributed by atoms with Crippen LogP contribution in [-0.4, -0.2) is 43.1 Å². The number of fused-ring (bicyclic) bond motifs is 1. The molecule has 4 aromatic rings. The van der Waals surface area contributed by atoms with Crippen LogP contribution in [0.1, 0.15) is 0 Å². The molecule has 0 aliphatic rings. The fourth-order valence-electron chi connectivity index (χ4n) is 2.40. The molecule has 27 heavy (non-hydrogen) atoms. The van der Waals surface area contributed by atoms with Gasteiger partial charge >= 0.3 is 0 Å².